The molecule has 0 aliphatic carbocycles. The summed E-state index contributed by atoms with van der Waals surface area (Å²) in [6.45, 7) is 3.88. The number of aliphatic hydroxyl groups excluding tert-OH is 1. The predicted octanol–water partition coefficient (Wildman–Crippen LogP) is 3.96. The van der Waals surface area contributed by atoms with Crippen LogP contribution in [0.4, 0.5) is 5.69 Å². The van der Waals surface area contributed by atoms with Crippen LogP contribution in [0.25, 0.3) is 0 Å². The van der Waals surface area contributed by atoms with Gasteiger partial charge in [-0.3, -0.25) is 15.6 Å². The predicted molar refractivity (Wildman–Crippen MR) is 95.7 cm³/mol. The zero-order valence-corrected chi connectivity index (χ0v) is 14.2. The molecule has 0 aliphatic heterocycles. The van der Waals surface area contributed by atoms with Crippen molar-refractivity contribution in [2.75, 3.05) is 5.43 Å². The number of carbonyl (C=O) groups excluding carboxylic acids is 1. The zero-order chi connectivity index (χ0) is 16.7. The fourth-order valence-electron chi connectivity index (χ4n) is 2.02. The molecule has 1 unspecified atom stereocenters. The summed E-state index contributed by atoms with van der Waals surface area (Å²) in [5.41, 5.74) is 7.67. The smallest absolute Gasteiger partial charge is 0.238 e. The molecule has 3 N–H and O–H groups in total. The molecule has 0 bridgehead atoms. The minimum Gasteiger partial charge on any atom is -0.384 e. The van der Waals surface area contributed by atoms with Crippen LogP contribution in [0.1, 0.15) is 24.5 Å². The summed E-state index contributed by atoms with van der Waals surface area (Å²) in [5, 5.41) is 10.2. The molecule has 0 spiro atoms. The van der Waals surface area contributed by atoms with Crippen molar-refractivity contribution in [3.8, 4) is 0 Å². The Labute approximate surface area is 144 Å². The van der Waals surface area contributed by atoms with Crippen molar-refractivity contribution in [1.29, 1.82) is 0 Å². The number of nitrogens with one attached hydrogen (secondary N) is 2. The van der Waals surface area contributed by atoms with Gasteiger partial charge in [-0.1, -0.05) is 52.8 Å². The summed E-state index contributed by atoms with van der Waals surface area (Å²) < 4.78 is 0.973. The molecule has 0 heterocycles. The number of carbonyl (C=O) groups is 1. The number of hydrogen-bond acceptors (Lipinski definition) is 3. The Morgan fingerprint density at radius 1 is 1.09 bits per heavy atom. The van der Waals surface area contributed by atoms with E-state index in [2.05, 4.69) is 33.4 Å². The first kappa shape index (κ1) is 17.2. The van der Waals surface area contributed by atoms with Crippen LogP contribution in [0.3, 0.4) is 0 Å². The van der Waals surface area contributed by atoms with E-state index in [-0.39, 0.29) is 12.3 Å². The molecule has 1 atom stereocenters. The van der Waals surface area contributed by atoms with E-state index in [1.807, 2.05) is 54.6 Å². The Morgan fingerprint density at radius 3 is 2.39 bits per heavy atom. The number of hydrogen-bond donors (Lipinski definition) is 3. The molecule has 4 nitrogen and oxygen atoms in total. The third kappa shape index (κ3) is 5.54. The molecule has 0 aliphatic rings. The van der Waals surface area contributed by atoms with Gasteiger partial charge in [-0.25, -0.2) is 0 Å². The molecular weight excluding hydrogens is 356 g/mol. The van der Waals surface area contributed by atoms with Gasteiger partial charge in [0.15, 0.2) is 0 Å². The van der Waals surface area contributed by atoms with E-state index in [4.69, 9.17) is 0 Å². The zero-order valence-electron chi connectivity index (χ0n) is 12.6. The highest BCUT2D eigenvalue weighted by atomic mass is 79.9. The average molecular weight is 375 g/mol. The summed E-state index contributed by atoms with van der Waals surface area (Å²) in [6.07, 6.45) is -0.0701. The lowest BCUT2D eigenvalue weighted by molar-refractivity contribution is -0.120. The molecule has 0 saturated carbocycles. The molecule has 0 saturated heterocycles. The van der Waals surface area contributed by atoms with Gasteiger partial charge in [0, 0.05) is 10.9 Å². The summed E-state index contributed by atoms with van der Waals surface area (Å²) in [5.74, 6) is -0.158. The van der Waals surface area contributed by atoms with Crippen molar-refractivity contribution in [1.82, 2.24) is 5.43 Å². The molecular formula is C18H19BrN2O2. The average Bonchev–Trinajstić information content (AvgIpc) is 2.59. The number of anilines is 1. The fourth-order valence-corrected chi connectivity index (χ4v) is 2.28. The van der Waals surface area contributed by atoms with Crippen LogP contribution in [0.15, 0.2) is 71.2 Å². The molecule has 2 aromatic carbocycles. The lowest BCUT2D eigenvalue weighted by Gasteiger charge is -2.14. The quantitative estimate of drug-likeness (QED) is 0.507. The second-order valence-corrected chi connectivity index (χ2v) is 6.07. The molecule has 5 heteroatoms. The molecule has 120 valence electrons. The maximum absolute atomic E-state index is 11.8. The summed E-state index contributed by atoms with van der Waals surface area (Å²) in [4.78, 5) is 11.8. The third-order valence-electron chi connectivity index (χ3n) is 3.37. The van der Waals surface area contributed by atoms with E-state index in [1.54, 1.807) is 0 Å². The van der Waals surface area contributed by atoms with Crippen molar-refractivity contribution in [3.05, 3.63) is 76.8 Å². The Kier molecular flexibility index (Phi) is 6.38. The molecule has 0 radical (unpaired) electrons. The maximum Gasteiger partial charge on any atom is 0.238 e. The van der Waals surface area contributed by atoms with Crippen LogP contribution in [-0.2, 0) is 4.79 Å². The molecule has 2 rings (SSSR count). The molecule has 0 fully saturated rings. The Balaban J connectivity index is 1.75. The van der Waals surface area contributed by atoms with Crippen molar-refractivity contribution in [2.24, 2.45) is 0 Å². The monoisotopic (exact) mass is 374 g/mol. The van der Waals surface area contributed by atoms with Gasteiger partial charge in [0.05, 0.1) is 11.8 Å². The summed E-state index contributed by atoms with van der Waals surface area (Å²) >= 11 is 3.35. The Bertz CT molecular complexity index is 656. The second kappa shape index (κ2) is 8.50. The van der Waals surface area contributed by atoms with Crippen molar-refractivity contribution in [3.63, 3.8) is 0 Å². The number of hydrazine groups is 1. The topological polar surface area (TPSA) is 61.4 Å². The van der Waals surface area contributed by atoms with Crippen LogP contribution in [0.2, 0.25) is 0 Å². The van der Waals surface area contributed by atoms with Crippen LogP contribution in [0, 0.1) is 0 Å². The highest BCUT2D eigenvalue weighted by Gasteiger charge is 2.12. The van der Waals surface area contributed by atoms with Crippen LogP contribution < -0.4 is 10.9 Å². The Hall–Kier alpha value is -2.11. The highest BCUT2D eigenvalue weighted by molar-refractivity contribution is 9.10. The van der Waals surface area contributed by atoms with Crippen molar-refractivity contribution >= 4 is 27.5 Å². The van der Waals surface area contributed by atoms with Gasteiger partial charge in [0.25, 0.3) is 0 Å². The van der Waals surface area contributed by atoms with Gasteiger partial charge in [-0.15, -0.1) is 0 Å². The van der Waals surface area contributed by atoms with Gasteiger partial charge in [0.2, 0.25) is 5.91 Å². The number of aliphatic hydroxyl groups is 1. The van der Waals surface area contributed by atoms with Gasteiger partial charge >= 0.3 is 0 Å². The summed E-state index contributed by atoms with van der Waals surface area (Å²) in [7, 11) is 0. The SMILES string of the molecule is C=C(CCC(=O)NNc1ccc(Br)cc1)C(O)c1ccccc1. The van der Waals surface area contributed by atoms with Crippen LogP contribution in [-0.4, -0.2) is 11.0 Å². The van der Waals surface area contributed by atoms with E-state index in [0.29, 0.717) is 12.0 Å². The number of halogens is 1. The second-order valence-electron chi connectivity index (χ2n) is 5.15. The van der Waals surface area contributed by atoms with E-state index in [0.717, 1.165) is 15.7 Å². The normalized spacial score (nSPS) is 11.6. The minimum atomic E-state index is -0.747. The third-order valence-corrected chi connectivity index (χ3v) is 3.89. The first-order valence-corrected chi connectivity index (χ1v) is 8.06. The first-order valence-electron chi connectivity index (χ1n) is 7.27. The van der Waals surface area contributed by atoms with E-state index in [9.17, 15) is 9.90 Å². The largest absolute Gasteiger partial charge is 0.384 e. The van der Waals surface area contributed by atoms with Gasteiger partial charge in [-0.05, 0) is 41.8 Å². The minimum absolute atomic E-state index is 0.158. The van der Waals surface area contributed by atoms with E-state index < -0.39 is 6.10 Å². The number of amides is 1. The standard InChI is InChI=1S/C18H19BrN2O2/c1-13(18(23)14-5-3-2-4-6-14)7-12-17(22)21-20-16-10-8-15(19)9-11-16/h2-6,8-11,18,20,23H,1,7,12H2,(H,21,22). The Morgan fingerprint density at radius 2 is 1.74 bits per heavy atom. The van der Waals surface area contributed by atoms with E-state index in [1.165, 1.54) is 0 Å². The van der Waals surface area contributed by atoms with Gasteiger partial charge in [0.1, 0.15) is 0 Å². The van der Waals surface area contributed by atoms with E-state index >= 15 is 0 Å². The molecule has 2 aromatic rings. The number of rotatable bonds is 7. The van der Waals surface area contributed by atoms with Crippen LogP contribution in [0.5, 0.6) is 0 Å². The summed E-state index contributed by atoms with van der Waals surface area (Å²) in [6, 6.07) is 16.8. The first-order chi connectivity index (χ1) is 11.1. The van der Waals surface area contributed by atoms with Crippen molar-refractivity contribution in [2.45, 2.75) is 18.9 Å². The van der Waals surface area contributed by atoms with Gasteiger partial charge in [-0.2, -0.15) is 0 Å². The van der Waals surface area contributed by atoms with Crippen LogP contribution >= 0.6 is 15.9 Å². The lowest BCUT2D eigenvalue weighted by Crippen LogP contribution is -2.29. The molecule has 0 aromatic heterocycles. The lowest BCUT2D eigenvalue weighted by atomic mass is 9.99. The maximum atomic E-state index is 11.8. The fraction of sp³-hybridized carbons (Fsp3) is 0.167. The highest BCUT2D eigenvalue weighted by Crippen LogP contribution is 2.23. The number of benzene rings is 2. The molecule has 1 amide bonds. The van der Waals surface area contributed by atoms with Gasteiger partial charge < -0.3 is 5.11 Å². The molecule has 23 heavy (non-hydrogen) atoms. The van der Waals surface area contributed by atoms with Crippen molar-refractivity contribution < 1.29 is 9.90 Å².